The van der Waals surface area contributed by atoms with Crippen LogP contribution in [0.3, 0.4) is 0 Å². The van der Waals surface area contributed by atoms with Gasteiger partial charge in [0, 0.05) is 25.5 Å². The molecule has 9 heteroatoms. The van der Waals surface area contributed by atoms with E-state index in [1.807, 2.05) is 10.8 Å². The van der Waals surface area contributed by atoms with E-state index in [4.69, 9.17) is 5.73 Å². The minimum atomic E-state index is -0.550. The Morgan fingerprint density at radius 2 is 2.16 bits per heavy atom. The van der Waals surface area contributed by atoms with Crippen molar-refractivity contribution in [3.05, 3.63) is 34.7 Å². The molecular weight excluding hydrogens is 250 g/mol. The Balaban J connectivity index is 2.00. The van der Waals surface area contributed by atoms with Crippen LogP contribution >= 0.6 is 0 Å². The summed E-state index contributed by atoms with van der Waals surface area (Å²) in [6.45, 7) is 1.78. The molecular formula is C10H11N7O2. The zero-order valence-electron chi connectivity index (χ0n) is 9.93. The minimum Gasteiger partial charge on any atom is -0.378 e. The predicted molar refractivity (Wildman–Crippen MR) is 66.4 cm³/mol. The molecule has 3 heterocycles. The standard InChI is InChI=1S/C10H11N7O2/c11-9-8(17(18)19)10(14-6-13-9)16-4-3-15-2-1-12-7(15)5-16/h1-2,6H,3-5H2,(H2,11,13,14). The molecule has 1 aliphatic rings. The lowest BCUT2D eigenvalue weighted by Gasteiger charge is -2.28. The number of nitrogens with two attached hydrogens (primary N) is 1. The summed E-state index contributed by atoms with van der Waals surface area (Å²) in [6.07, 6.45) is 4.83. The highest BCUT2D eigenvalue weighted by Gasteiger charge is 2.28. The Morgan fingerprint density at radius 1 is 1.32 bits per heavy atom. The fourth-order valence-corrected chi connectivity index (χ4v) is 2.14. The normalized spacial score (nSPS) is 14.2. The Hall–Kier alpha value is -2.71. The molecule has 3 rings (SSSR count). The van der Waals surface area contributed by atoms with Gasteiger partial charge >= 0.3 is 5.69 Å². The van der Waals surface area contributed by atoms with E-state index < -0.39 is 4.92 Å². The zero-order chi connectivity index (χ0) is 13.4. The number of nitrogens with zero attached hydrogens (tertiary/aromatic N) is 6. The Kier molecular flexibility index (Phi) is 2.51. The molecule has 0 saturated carbocycles. The molecule has 19 heavy (non-hydrogen) atoms. The van der Waals surface area contributed by atoms with Gasteiger partial charge in [-0.15, -0.1) is 0 Å². The minimum absolute atomic E-state index is 0.121. The van der Waals surface area contributed by atoms with E-state index in [1.54, 1.807) is 11.1 Å². The number of rotatable bonds is 2. The van der Waals surface area contributed by atoms with Crippen molar-refractivity contribution in [3.63, 3.8) is 0 Å². The third-order valence-corrected chi connectivity index (χ3v) is 3.06. The van der Waals surface area contributed by atoms with Gasteiger partial charge in [-0.1, -0.05) is 0 Å². The van der Waals surface area contributed by atoms with E-state index in [2.05, 4.69) is 15.0 Å². The van der Waals surface area contributed by atoms with Crippen LogP contribution in [0.1, 0.15) is 5.82 Å². The first-order valence-corrected chi connectivity index (χ1v) is 5.66. The molecule has 2 N–H and O–H groups in total. The van der Waals surface area contributed by atoms with E-state index in [-0.39, 0.29) is 17.3 Å². The average molecular weight is 261 g/mol. The van der Waals surface area contributed by atoms with Gasteiger partial charge in [0.05, 0.1) is 11.5 Å². The quantitative estimate of drug-likeness (QED) is 0.605. The molecule has 0 atom stereocenters. The number of fused-ring (bicyclic) bond motifs is 1. The smallest absolute Gasteiger partial charge is 0.353 e. The van der Waals surface area contributed by atoms with E-state index >= 15 is 0 Å². The van der Waals surface area contributed by atoms with Gasteiger partial charge in [-0.2, -0.15) is 0 Å². The second-order valence-electron chi connectivity index (χ2n) is 4.15. The first-order valence-electron chi connectivity index (χ1n) is 5.66. The molecule has 0 aromatic carbocycles. The number of anilines is 2. The summed E-state index contributed by atoms with van der Waals surface area (Å²) in [6, 6.07) is 0. The SMILES string of the molecule is Nc1ncnc(N2CCn3ccnc3C2)c1[N+](=O)[O-]. The third-order valence-electron chi connectivity index (χ3n) is 3.06. The average Bonchev–Trinajstić information content (AvgIpc) is 2.85. The van der Waals surface area contributed by atoms with E-state index in [0.717, 1.165) is 5.82 Å². The topological polar surface area (TPSA) is 116 Å². The summed E-state index contributed by atoms with van der Waals surface area (Å²) in [7, 11) is 0. The van der Waals surface area contributed by atoms with Crippen molar-refractivity contribution in [1.82, 2.24) is 19.5 Å². The first kappa shape index (κ1) is 11.4. The highest BCUT2D eigenvalue weighted by Crippen LogP contribution is 2.31. The van der Waals surface area contributed by atoms with Gasteiger partial charge in [-0.25, -0.2) is 15.0 Å². The van der Waals surface area contributed by atoms with Gasteiger partial charge in [-0.3, -0.25) is 10.1 Å². The molecule has 0 aliphatic carbocycles. The fraction of sp³-hybridized carbons (Fsp3) is 0.300. The molecule has 0 unspecified atom stereocenters. The van der Waals surface area contributed by atoms with Crippen molar-refractivity contribution in [2.24, 2.45) is 0 Å². The second-order valence-corrected chi connectivity index (χ2v) is 4.15. The van der Waals surface area contributed by atoms with Crippen LogP contribution in [0.15, 0.2) is 18.7 Å². The lowest BCUT2D eigenvalue weighted by Crippen LogP contribution is -2.34. The monoisotopic (exact) mass is 261 g/mol. The number of aromatic nitrogens is 4. The van der Waals surface area contributed by atoms with Crippen molar-refractivity contribution in [1.29, 1.82) is 0 Å². The van der Waals surface area contributed by atoms with Crippen LogP contribution in [0.5, 0.6) is 0 Å². The molecule has 0 bridgehead atoms. The molecule has 2 aromatic rings. The summed E-state index contributed by atoms with van der Waals surface area (Å²) >= 11 is 0. The third kappa shape index (κ3) is 1.84. The summed E-state index contributed by atoms with van der Waals surface area (Å²) in [5.74, 6) is 0.966. The van der Waals surface area contributed by atoms with Crippen molar-refractivity contribution >= 4 is 17.3 Å². The van der Waals surface area contributed by atoms with Gasteiger partial charge in [0.25, 0.3) is 0 Å². The summed E-state index contributed by atoms with van der Waals surface area (Å²) in [5.41, 5.74) is 5.32. The molecule has 2 aromatic heterocycles. The Labute approximate surface area is 107 Å². The second kappa shape index (κ2) is 4.19. The largest absolute Gasteiger partial charge is 0.378 e. The van der Waals surface area contributed by atoms with E-state index in [1.165, 1.54) is 6.33 Å². The molecule has 0 saturated heterocycles. The molecule has 1 aliphatic heterocycles. The maximum Gasteiger partial charge on any atom is 0.353 e. The van der Waals surface area contributed by atoms with Crippen LogP contribution in [-0.4, -0.2) is 31.0 Å². The van der Waals surface area contributed by atoms with Crippen LogP contribution in [0.25, 0.3) is 0 Å². The van der Waals surface area contributed by atoms with Crippen molar-refractivity contribution < 1.29 is 4.92 Å². The Morgan fingerprint density at radius 3 is 2.95 bits per heavy atom. The van der Waals surface area contributed by atoms with Gasteiger partial charge in [0.2, 0.25) is 11.6 Å². The molecule has 0 spiro atoms. The number of imidazole rings is 1. The van der Waals surface area contributed by atoms with Crippen LogP contribution in [0, 0.1) is 10.1 Å². The molecule has 0 radical (unpaired) electrons. The number of hydrogen-bond donors (Lipinski definition) is 1. The van der Waals surface area contributed by atoms with Crippen LogP contribution < -0.4 is 10.6 Å². The van der Waals surface area contributed by atoms with Crippen LogP contribution in [0.4, 0.5) is 17.3 Å². The molecule has 98 valence electrons. The van der Waals surface area contributed by atoms with Crippen LogP contribution in [0.2, 0.25) is 0 Å². The summed E-state index contributed by atoms with van der Waals surface area (Å²) in [4.78, 5) is 24.2. The van der Waals surface area contributed by atoms with Gasteiger partial charge in [-0.05, 0) is 0 Å². The number of hydrogen-bond acceptors (Lipinski definition) is 7. The van der Waals surface area contributed by atoms with Crippen LogP contribution in [-0.2, 0) is 13.1 Å². The van der Waals surface area contributed by atoms with Crippen molar-refractivity contribution in [2.45, 2.75) is 13.1 Å². The van der Waals surface area contributed by atoms with Gasteiger partial charge < -0.3 is 15.2 Å². The number of nitro groups is 1. The molecule has 0 fully saturated rings. The highest BCUT2D eigenvalue weighted by atomic mass is 16.6. The maximum atomic E-state index is 11.1. The maximum absolute atomic E-state index is 11.1. The summed E-state index contributed by atoms with van der Waals surface area (Å²) < 4.78 is 2.01. The molecule has 0 amide bonds. The first-order chi connectivity index (χ1) is 9.16. The van der Waals surface area contributed by atoms with E-state index in [0.29, 0.717) is 19.6 Å². The predicted octanol–water partition coefficient (Wildman–Crippen LogP) is 0.184. The lowest BCUT2D eigenvalue weighted by molar-refractivity contribution is -0.383. The van der Waals surface area contributed by atoms with Crippen molar-refractivity contribution in [3.8, 4) is 0 Å². The van der Waals surface area contributed by atoms with Crippen molar-refractivity contribution in [2.75, 3.05) is 17.2 Å². The summed E-state index contributed by atoms with van der Waals surface area (Å²) in [5, 5.41) is 11.1. The van der Waals surface area contributed by atoms with Gasteiger partial charge in [0.15, 0.2) is 0 Å². The van der Waals surface area contributed by atoms with Gasteiger partial charge in [0.1, 0.15) is 12.2 Å². The number of nitrogen functional groups attached to an aromatic ring is 1. The fourth-order valence-electron chi connectivity index (χ4n) is 2.14. The Bertz CT molecular complexity index is 639. The van der Waals surface area contributed by atoms with E-state index in [9.17, 15) is 10.1 Å². The lowest BCUT2D eigenvalue weighted by atomic mass is 10.3. The highest BCUT2D eigenvalue weighted by molar-refractivity contribution is 5.68. The molecule has 9 nitrogen and oxygen atoms in total. The zero-order valence-corrected chi connectivity index (χ0v) is 9.93.